The summed E-state index contributed by atoms with van der Waals surface area (Å²) in [6.45, 7) is 8.30. The summed E-state index contributed by atoms with van der Waals surface area (Å²) in [7, 11) is 0. The lowest BCUT2D eigenvalue weighted by atomic mass is 10.0. The van der Waals surface area contributed by atoms with E-state index in [-0.39, 0.29) is 17.9 Å². The Morgan fingerprint density at radius 3 is 2.39 bits per heavy atom. The number of ether oxygens (including phenoxy) is 1. The molecule has 28 heavy (non-hydrogen) atoms. The number of hydrogen-bond acceptors (Lipinski definition) is 4. The van der Waals surface area contributed by atoms with Crippen LogP contribution in [0.25, 0.3) is 0 Å². The zero-order chi connectivity index (χ0) is 20.4. The average Bonchev–Trinajstić information content (AvgIpc) is 2.73. The zero-order valence-electron chi connectivity index (χ0n) is 17.4. The van der Waals surface area contributed by atoms with Crippen LogP contribution in [0.5, 0.6) is 0 Å². The van der Waals surface area contributed by atoms with E-state index < -0.39 is 0 Å². The molecule has 1 heterocycles. The highest BCUT2D eigenvalue weighted by molar-refractivity contribution is 5.99. The van der Waals surface area contributed by atoms with Gasteiger partial charge in [0.15, 0.2) is 0 Å². The van der Waals surface area contributed by atoms with Crippen molar-refractivity contribution in [2.75, 3.05) is 39.3 Å². The summed E-state index contributed by atoms with van der Waals surface area (Å²) < 4.78 is 5.81. The van der Waals surface area contributed by atoms with Crippen LogP contribution in [0.15, 0.2) is 24.3 Å². The van der Waals surface area contributed by atoms with Gasteiger partial charge >= 0.3 is 0 Å². The first-order valence-corrected chi connectivity index (χ1v) is 10.6. The fourth-order valence-corrected chi connectivity index (χ4v) is 3.56. The molecule has 0 atom stereocenters. The second kappa shape index (κ2) is 11.8. The Hall–Kier alpha value is -1.92. The Morgan fingerprint density at radius 1 is 1.14 bits per heavy atom. The van der Waals surface area contributed by atoms with Crippen LogP contribution in [0, 0.1) is 0 Å². The molecule has 1 fully saturated rings. The van der Waals surface area contributed by atoms with Gasteiger partial charge in [-0.3, -0.25) is 9.59 Å². The molecule has 6 heteroatoms. The largest absolute Gasteiger partial charge is 0.378 e. The second-order valence-electron chi connectivity index (χ2n) is 7.38. The Morgan fingerprint density at radius 2 is 1.79 bits per heavy atom. The maximum absolute atomic E-state index is 12.9. The van der Waals surface area contributed by atoms with Crippen LogP contribution in [-0.4, -0.2) is 67.0 Å². The van der Waals surface area contributed by atoms with Gasteiger partial charge in [0.2, 0.25) is 0 Å². The summed E-state index contributed by atoms with van der Waals surface area (Å²) >= 11 is 0. The topological polar surface area (TPSA) is 75.9 Å². The molecule has 0 spiro atoms. The van der Waals surface area contributed by atoms with Crippen molar-refractivity contribution in [3.05, 3.63) is 35.4 Å². The number of amides is 2. The first-order valence-electron chi connectivity index (χ1n) is 10.6. The van der Waals surface area contributed by atoms with E-state index in [1.165, 1.54) is 0 Å². The molecular formula is C22H35N3O3. The van der Waals surface area contributed by atoms with Gasteiger partial charge in [-0.05, 0) is 56.8 Å². The predicted octanol–water partition coefficient (Wildman–Crippen LogP) is 2.92. The highest BCUT2D eigenvalue weighted by Gasteiger charge is 2.25. The Kier molecular flexibility index (Phi) is 9.44. The minimum absolute atomic E-state index is 0.00496. The lowest BCUT2D eigenvalue weighted by molar-refractivity contribution is 0.00844. The minimum Gasteiger partial charge on any atom is -0.378 e. The minimum atomic E-state index is -0.00686. The van der Waals surface area contributed by atoms with Crippen molar-refractivity contribution in [3.8, 4) is 0 Å². The number of carbonyl (C=O) groups excluding carboxylic acids is 2. The summed E-state index contributed by atoms with van der Waals surface area (Å²) in [6, 6.07) is 7.15. The van der Waals surface area contributed by atoms with E-state index in [2.05, 4.69) is 13.8 Å². The van der Waals surface area contributed by atoms with E-state index in [4.69, 9.17) is 10.5 Å². The lowest BCUT2D eigenvalue weighted by Crippen LogP contribution is -2.41. The molecule has 1 aromatic rings. The van der Waals surface area contributed by atoms with Crippen molar-refractivity contribution in [2.24, 2.45) is 5.73 Å². The molecule has 2 amide bonds. The molecule has 6 nitrogen and oxygen atoms in total. The first-order chi connectivity index (χ1) is 13.6. The standard InChI is InChI=1S/C22H35N3O3/c1-3-12-24(13-4-2)21(26)18-7-5-8-19(17-18)22(27)25-14-9-20(10-15-25)28-16-6-11-23/h5,7-8,17,20H,3-4,6,9-16,23H2,1-2H3. The van der Waals surface area contributed by atoms with Crippen molar-refractivity contribution in [1.29, 1.82) is 0 Å². The maximum Gasteiger partial charge on any atom is 0.253 e. The van der Waals surface area contributed by atoms with Crippen LogP contribution in [0.2, 0.25) is 0 Å². The van der Waals surface area contributed by atoms with Gasteiger partial charge < -0.3 is 20.3 Å². The highest BCUT2D eigenvalue weighted by atomic mass is 16.5. The molecule has 0 saturated carbocycles. The number of hydrogen-bond donors (Lipinski definition) is 1. The SMILES string of the molecule is CCCN(CCC)C(=O)c1cccc(C(=O)N2CCC(OCCCN)CC2)c1. The second-order valence-corrected chi connectivity index (χ2v) is 7.38. The quantitative estimate of drug-likeness (QED) is 0.624. The summed E-state index contributed by atoms with van der Waals surface area (Å²) in [5, 5.41) is 0. The molecule has 1 aliphatic rings. The van der Waals surface area contributed by atoms with Crippen molar-refractivity contribution >= 4 is 11.8 Å². The monoisotopic (exact) mass is 389 g/mol. The molecule has 0 aromatic heterocycles. The van der Waals surface area contributed by atoms with Crippen LogP contribution in [-0.2, 0) is 4.74 Å². The average molecular weight is 390 g/mol. The number of benzene rings is 1. The van der Waals surface area contributed by atoms with Crippen LogP contribution in [0.1, 0.15) is 66.7 Å². The molecule has 0 radical (unpaired) electrons. The number of likely N-dealkylation sites (tertiary alicyclic amines) is 1. The normalized spacial score (nSPS) is 14.9. The molecule has 2 N–H and O–H groups in total. The Balaban J connectivity index is 1.97. The van der Waals surface area contributed by atoms with Crippen molar-refractivity contribution < 1.29 is 14.3 Å². The molecule has 2 rings (SSSR count). The number of carbonyl (C=O) groups is 2. The van der Waals surface area contributed by atoms with Gasteiger partial charge in [-0.15, -0.1) is 0 Å². The maximum atomic E-state index is 12.9. The molecule has 156 valence electrons. The molecule has 0 aliphatic carbocycles. The molecule has 0 unspecified atom stereocenters. The van der Waals surface area contributed by atoms with Crippen LogP contribution in [0.4, 0.5) is 0 Å². The van der Waals surface area contributed by atoms with Gasteiger partial charge in [-0.1, -0.05) is 19.9 Å². The smallest absolute Gasteiger partial charge is 0.253 e. The Labute approximate surface area is 169 Å². The fraction of sp³-hybridized carbons (Fsp3) is 0.636. The van der Waals surface area contributed by atoms with E-state index >= 15 is 0 Å². The van der Waals surface area contributed by atoms with E-state index in [9.17, 15) is 9.59 Å². The molecule has 1 aromatic carbocycles. The summed E-state index contributed by atoms with van der Waals surface area (Å²) in [5.74, 6) is -0.00190. The third-order valence-corrected chi connectivity index (χ3v) is 5.06. The molecule has 0 bridgehead atoms. The number of nitrogens with two attached hydrogens (primary N) is 1. The van der Waals surface area contributed by atoms with Gasteiger partial charge in [0.25, 0.3) is 11.8 Å². The third-order valence-electron chi connectivity index (χ3n) is 5.06. The lowest BCUT2D eigenvalue weighted by Gasteiger charge is -2.32. The van der Waals surface area contributed by atoms with Crippen LogP contribution < -0.4 is 5.73 Å². The van der Waals surface area contributed by atoms with E-state index in [1.54, 1.807) is 24.3 Å². The van der Waals surface area contributed by atoms with Crippen LogP contribution >= 0.6 is 0 Å². The van der Waals surface area contributed by atoms with Gasteiger partial charge in [-0.2, -0.15) is 0 Å². The zero-order valence-corrected chi connectivity index (χ0v) is 17.4. The van der Waals surface area contributed by atoms with Crippen molar-refractivity contribution in [2.45, 2.75) is 52.1 Å². The summed E-state index contributed by atoms with van der Waals surface area (Å²) in [4.78, 5) is 29.5. The van der Waals surface area contributed by atoms with Crippen molar-refractivity contribution in [1.82, 2.24) is 9.80 Å². The van der Waals surface area contributed by atoms with Crippen LogP contribution in [0.3, 0.4) is 0 Å². The highest BCUT2D eigenvalue weighted by Crippen LogP contribution is 2.18. The number of nitrogens with zero attached hydrogens (tertiary/aromatic N) is 2. The van der Waals surface area contributed by atoms with Gasteiger partial charge in [0.05, 0.1) is 6.10 Å². The molecular weight excluding hydrogens is 354 g/mol. The summed E-state index contributed by atoms with van der Waals surface area (Å²) in [6.07, 6.45) is 4.61. The predicted molar refractivity (Wildman–Crippen MR) is 111 cm³/mol. The fourth-order valence-electron chi connectivity index (χ4n) is 3.56. The van der Waals surface area contributed by atoms with Gasteiger partial charge in [0.1, 0.15) is 0 Å². The first kappa shape index (κ1) is 22.4. The third kappa shape index (κ3) is 6.31. The Bertz CT molecular complexity index is 621. The number of piperidine rings is 1. The van der Waals surface area contributed by atoms with E-state index in [0.717, 1.165) is 45.2 Å². The molecule has 1 aliphatic heterocycles. The number of rotatable bonds is 10. The van der Waals surface area contributed by atoms with Gasteiger partial charge in [0, 0.05) is 43.9 Å². The summed E-state index contributed by atoms with van der Waals surface area (Å²) in [5.41, 5.74) is 6.67. The van der Waals surface area contributed by atoms with Gasteiger partial charge in [-0.25, -0.2) is 0 Å². The van der Waals surface area contributed by atoms with E-state index in [1.807, 2.05) is 9.80 Å². The van der Waals surface area contributed by atoms with E-state index in [0.29, 0.717) is 37.4 Å². The van der Waals surface area contributed by atoms with Crippen molar-refractivity contribution in [3.63, 3.8) is 0 Å². The molecule has 1 saturated heterocycles.